The number of aromatic nitrogens is 1. The third-order valence-corrected chi connectivity index (χ3v) is 3.10. The maximum absolute atomic E-state index is 12.6. The number of carboxylic acid groups (broad SMARTS) is 1. The SMILES string of the molecule is CC(=O)c1cc(C(=O)N(CCC(=O)O)CC(C)C)n(C)c1. The largest absolute Gasteiger partial charge is 0.481 e. The van der Waals surface area contributed by atoms with Gasteiger partial charge in [-0.05, 0) is 18.9 Å². The minimum atomic E-state index is -0.937. The first-order valence-electron chi connectivity index (χ1n) is 6.90. The molecule has 0 saturated carbocycles. The van der Waals surface area contributed by atoms with Gasteiger partial charge in [-0.1, -0.05) is 13.8 Å². The number of hydrogen-bond donors (Lipinski definition) is 1. The standard InChI is InChI=1S/C15H22N2O4/c1-10(2)8-17(6-5-14(19)20)15(21)13-7-12(11(3)18)9-16(13)4/h7,9-10H,5-6,8H2,1-4H3,(H,19,20). The van der Waals surface area contributed by atoms with Crippen molar-refractivity contribution in [1.82, 2.24) is 9.47 Å². The van der Waals surface area contributed by atoms with Gasteiger partial charge in [-0.3, -0.25) is 14.4 Å². The van der Waals surface area contributed by atoms with E-state index in [-0.39, 0.29) is 30.6 Å². The van der Waals surface area contributed by atoms with Gasteiger partial charge in [0.15, 0.2) is 5.78 Å². The van der Waals surface area contributed by atoms with Crippen LogP contribution >= 0.6 is 0 Å². The van der Waals surface area contributed by atoms with Crippen molar-refractivity contribution in [2.24, 2.45) is 13.0 Å². The van der Waals surface area contributed by atoms with Gasteiger partial charge in [-0.2, -0.15) is 0 Å². The van der Waals surface area contributed by atoms with Gasteiger partial charge in [0.1, 0.15) is 5.69 Å². The molecule has 1 heterocycles. The lowest BCUT2D eigenvalue weighted by molar-refractivity contribution is -0.137. The monoisotopic (exact) mass is 294 g/mol. The van der Waals surface area contributed by atoms with Crippen LogP contribution in [0.25, 0.3) is 0 Å². The minimum Gasteiger partial charge on any atom is -0.481 e. The Morgan fingerprint density at radius 1 is 1.33 bits per heavy atom. The molecule has 0 saturated heterocycles. The Bertz CT molecular complexity index is 546. The van der Waals surface area contributed by atoms with Crippen LogP contribution in [0.3, 0.4) is 0 Å². The number of aryl methyl sites for hydroxylation is 1. The highest BCUT2D eigenvalue weighted by Gasteiger charge is 2.21. The highest BCUT2D eigenvalue weighted by molar-refractivity contribution is 5.99. The second-order valence-corrected chi connectivity index (χ2v) is 5.57. The molecule has 6 heteroatoms. The average molecular weight is 294 g/mol. The molecule has 0 atom stereocenters. The first-order chi connectivity index (χ1) is 9.72. The molecule has 1 rings (SSSR count). The summed E-state index contributed by atoms with van der Waals surface area (Å²) in [6.07, 6.45) is 1.52. The summed E-state index contributed by atoms with van der Waals surface area (Å²) in [6.45, 7) is 6.01. The van der Waals surface area contributed by atoms with Crippen LogP contribution in [0.5, 0.6) is 0 Å². The van der Waals surface area contributed by atoms with Crippen LogP contribution in [-0.4, -0.2) is 45.3 Å². The van der Waals surface area contributed by atoms with Crippen LogP contribution in [0.4, 0.5) is 0 Å². The molecular formula is C15H22N2O4. The molecule has 21 heavy (non-hydrogen) atoms. The van der Waals surface area contributed by atoms with Crippen LogP contribution in [-0.2, 0) is 11.8 Å². The normalized spacial score (nSPS) is 10.7. The van der Waals surface area contributed by atoms with Crippen LogP contribution in [0, 0.1) is 5.92 Å². The Morgan fingerprint density at radius 2 is 1.95 bits per heavy atom. The lowest BCUT2D eigenvalue weighted by atomic mass is 10.2. The van der Waals surface area contributed by atoms with Crippen molar-refractivity contribution >= 4 is 17.7 Å². The van der Waals surface area contributed by atoms with Crippen molar-refractivity contribution in [2.75, 3.05) is 13.1 Å². The van der Waals surface area contributed by atoms with E-state index >= 15 is 0 Å². The van der Waals surface area contributed by atoms with Crippen LogP contribution in [0.1, 0.15) is 48.0 Å². The number of ketones is 1. The molecule has 116 valence electrons. The number of carbonyl (C=O) groups excluding carboxylic acids is 2. The quantitative estimate of drug-likeness (QED) is 0.778. The van der Waals surface area contributed by atoms with Gasteiger partial charge in [-0.25, -0.2) is 0 Å². The predicted molar refractivity (Wildman–Crippen MR) is 78.4 cm³/mol. The molecule has 0 radical (unpaired) electrons. The maximum atomic E-state index is 12.6. The number of nitrogens with zero attached hydrogens (tertiary/aromatic N) is 2. The maximum Gasteiger partial charge on any atom is 0.305 e. The van der Waals surface area contributed by atoms with E-state index in [1.807, 2.05) is 13.8 Å². The Balaban J connectivity index is 2.98. The number of rotatable bonds is 7. The molecule has 1 aromatic rings. The number of carbonyl (C=O) groups is 3. The third kappa shape index (κ3) is 4.73. The molecule has 1 aromatic heterocycles. The summed E-state index contributed by atoms with van der Waals surface area (Å²) in [7, 11) is 1.70. The number of amides is 1. The highest BCUT2D eigenvalue weighted by Crippen LogP contribution is 2.13. The fraction of sp³-hybridized carbons (Fsp3) is 0.533. The second-order valence-electron chi connectivity index (χ2n) is 5.57. The van der Waals surface area contributed by atoms with E-state index in [9.17, 15) is 14.4 Å². The summed E-state index contributed by atoms with van der Waals surface area (Å²) in [6, 6.07) is 1.55. The number of Topliss-reactive ketones (excluding diaryl/α,β-unsaturated/α-hetero) is 1. The first-order valence-corrected chi connectivity index (χ1v) is 6.90. The van der Waals surface area contributed by atoms with Gasteiger partial charge in [0.25, 0.3) is 5.91 Å². The van der Waals surface area contributed by atoms with Crippen LogP contribution in [0.15, 0.2) is 12.3 Å². The van der Waals surface area contributed by atoms with Crippen LogP contribution < -0.4 is 0 Å². The number of aliphatic carboxylic acids is 1. The molecule has 0 aliphatic heterocycles. The minimum absolute atomic E-state index is 0.0948. The van der Waals surface area contributed by atoms with Gasteiger partial charge in [-0.15, -0.1) is 0 Å². The Morgan fingerprint density at radius 3 is 2.38 bits per heavy atom. The number of carboxylic acids is 1. The molecule has 0 fully saturated rings. The molecule has 0 aromatic carbocycles. The molecule has 1 N–H and O–H groups in total. The average Bonchev–Trinajstić information content (AvgIpc) is 2.75. The topological polar surface area (TPSA) is 79.6 Å². The Kier molecular flexibility index (Phi) is 5.69. The lowest BCUT2D eigenvalue weighted by Crippen LogP contribution is -2.36. The molecule has 1 amide bonds. The fourth-order valence-corrected chi connectivity index (χ4v) is 2.08. The summed E-state index contributed by atoms with van der Waals surface area (Å²) in [5.41, 5.74) is 0.870. The summed E-state index contributed by atoms with van der Waals surface area (Å²) in [5.74, 6) is -1.06. The van der Waals surface area contributed by atoms with E-state index in [0.717, 1.165) is 0 Å². The van der Waals surface area contributed by atoms with Gasteiger partial charge in [0.05, 0.1) is 6.42 Å². The highest BCUT2D eigenvalue weighted by atomic mass is 16.4. The van der Waals surface area contributed by atoms with Gasteiger partial charge in [0.2, 0.25) is 0 Å². The van der Waals surface area contributed by atoms with E-state index in [1.54, 1.807) is 23.9 Å². The molecule has 0 unspecified atom stereocenters. The lowest BCUT2D eigenvalue weighted by Gasteiger charge is -2.24. The van der Waals surface area contributed by atoms with E-state index in [2.05, 4.69) is 0 Å². The van der Waals surface area contributed by atoms with Crippen LogP contribution in [0.2, 0.25) is 0 Å². The van der Waals surface area contributed by atoms with Gasteiger partial charge >= 0.3 is 5.97 Å². The molecule has 0 bridgehead atoms. The summed E-state index contributed by atoms with van der Waals surface area (Å²) in [4.78, 5) is 36.2. The third-order valence-electron chi connectivity index (χ3n) is 3.10. The van der Waals surface area contributed by atoms with E-state index in [0.29, 0.717) is 17.8 Å². The molecule has 0 aliphatic carbocycles. The molecule has 6 nitrogen and oxygen atoms in total. The van der Waals surface area contributed by atoms with Crippen molar-refractivity contribution in [3.63, 3.8) is 0 Å². The zero-order valence-corrected chi connectivity index (χ0v) is 12.9. The van der Waals surface area contributed by atoms with Crippen molar-refractivity contribution in [3.05, 3.63) is 23.5 Å². The number of hydrogen-bond acceptors (Lipinski definition) is 3. The van der Waals surface area contributed by atoms with Crippen molar-refractivity contribution in [1.29, 1.82) is 0 Å². The van der Waals surface area contributed by atoms with E-state index in [1.165, 1.54) is 11.8 Å². The smallest absolute Gasteiger partial charge is 0.305 e. The first kappa shape index (κ1) is 16.9. The predicted octanol–water partition coefficient (Wildman–Crippen LogP) is 1.80. The molecular weight excluding hydrogens is 272 g/mol. The summed E-state index contributed by atoms with van der Waals surface area (Å²) < 4.78 is 1.60. The zero-order chi connectivity index (χ0) is 16.2. The van der Waals surface area contributed by atoms with Crippen molar-refractivity contribution in [2.45, 2.75) is 27.2 Å². The van der Waals surface area contributed by atoms with Gasteiger partial charge < -0.3 is 14.6 Å². The Hall–Kier alpha value is -2.11. The van der Waals surface area contributed by atoms with Gasteiger partial charge in [0, 0.05) is 31.9 Å². The van der Waals surface area contributed by atoms with E-state index < -0.39 is 5.97 Å². The van der Waals surface area contributed by atoms with Crippen molar-refractivity contribution < 1.29 is 19.5 Å². The zero-order valence-electron chi connectivity index (χ0n) is 12.9. The molecule has 0 aliphatic rings. The second kappa shape index (κ2) is 7.06. The Labute approximate surface area is 124 Å². The fourth-order valence-electron chi connectivity index (χ4n) is 2.08. The van der Waals surface area contributed by atoms with Crippen molar-refractivity contribution in [3.8, 4) is 0 Å². The molecule has 0 spiro atoms. The summed E-state index contributed by atoms with van der Waals surface area (Å²) in [5, 5.41) is 8.79. The van der Waals surface area contributed by atoms with E-state index in [4.69, 9.17) is 5.11 Å². The summed E-state index contributed by atoms with van der Waals surface area (Å²) >= 11 is 0.